The van der Waals surface area contributed by atoms with Gasteiger partial charge in [-0.3, -0.25) is 33.7 Å². The lowest BCUT2D eigenvalue weighted by Crippen LogP contribution is -2.59. The van der Waals surface area contributed by atoms with Crippen LogP contribution in [0.1, 0.15) is 127 Å². The van der Waals surface area contributed by atoms with Crippen LogP contribution < -0.4 is 16.0 Å². The minimum atomic E-state index is -0.996. The molecule has 1 aromatic heterocycles. The Bertz CT molecular complexity index is 1770. The van der Waals surface area contributed by atoms with Gasteiger partial charge in [-0.25, -0.2) is 4.98 Å². The predicted molar refractivity (Wildman–Crippen MR) is 242 cm³/mol. The van der Waals surface area contributed by atoms with E-state index in [1.807, 2.05) is 53.5 Å². The third kappa shape index (κ3) is 16.5. The number of rotatable bonds is 24. The van der Waals surface area contributed by atoms with Crippen molar-refractivity contribution in [2.24, 2.45) is 23.7 Å². The summed E-state index contributed by atoms with van der Waals surface area (Å²) in [6.07, 6.45) is 3.05. The Kier molecular flexibility index (Phi) is 21.7. The van der Waals surface area contributed by atoms with Crippen molar-refractivity contribution < 1.29 is 43.3 Å². The topological polar surface area (TPSA) is 197 Å². The second-order valence-corrected chi connectivity index (χ2v) is 18.7. The van der Waals surface area contributed by atoms with E-state index in [0.717, 1.165) is 36.3 Å². The standard InChI is InChI=1S/C45H70N6O9S2/c1-10-29(6)40(49-43(57)36-13-11-12-19-50(36)9)45(58)51(26-59-39(54)21-27(2)3)37(28(4)5)24-38(60-31(8)52)44-48-35(25-62-44)42(56)47-33(22-30(7)41(55)46-18-20-61)23-32-14-16-34(53)17-15-32/h14-17,25,27-30,33,36-38,40,53,61H,10-13,18-24,26H2,1-9H3,(H,46,55)(H,47,56)(H,49,57). The minimum absolute atomic E-state index is 0.0193. The van der Waals surface area contributed by atoms with E-state index in [0.29, 0.717) is 43.0 Å². The molecule has 7 atom stereocenters. The van der Waals surface area contributed by atoms with Gasteiger partial charge in [0, 0.05) is 55.4 Å². The first kappa shape index (κ1) is 52.1. The number of thiol groups is 1. The smallest absolute Gasteiger partial charge is 0.307 e. The number of carbonyl (C=O) groups is 6. The monoisotopic (exact) mass is 902 g/mol. The fraction of sp³-hybridized carbons (Fsp3) is 0.667. The highest BCUT2D eigenvalue weighted by Gasteiger charge is 2.39. The van der Waals surface area contributed by atoms with Crippen molar-refractivity contribution in [1.82, 2.24) is 30.7 Å². The van der Waals surface area contributed by atoms with Crippen molar-refractivity contribution in [3.05, 3.63) is 45.9 Å². The summed E-state index contributed by atoms with van der Waals surface area (Å²) in [4.78, 5) is 89.0. The number of phenols is 1. The lowest BCUT2D eigenvalue weighted by Gasteiger charge is -2.39. The molecule has 1 saturated heterocycles. The fourth-order valence-corrected chi connectivity index (χ4v) is 8.50. The van der Waals surface area contributed by atoms with E-state index in [4.69, 9.17) is 9.47 Å². The SMILES string of the molecule is CCC(C)C(NC(=O)C1CCCCN1C)C(=O)N(COC(=O)CC(C)C)C(CC(OC(C)=O)c1nc(C(=O)NC(Cc2ccc(O)cc2)CC(C)C(=O)NCCS)cs1)C(C)C. The normalized spacial score (nSPS) is 17.3. The maximum Gasteiger partial charge on any atom is 0.307 e. The van der Waals surface area contributed by atoms with Crippen LogP contribution in [0.15, 0.2) is 29.6 Å². The fourth-order valence-electron chi connectivity index (χ4n) is 7.55. The van der Waals surface area contributed by atoms with Crippen molar-refractivity contribution in [1.29, 1.82) is 0 Å². The third-order valence-corrected chi connectivity index (χ3v) is 12.4. The highest BCUT2D eigenvalue weighted by Crippen LogP contribution is 2.32. The summed E-state index contributed by atoms with van der Waals surface area (Å²) in [5, 5.41) is 20.7. The van der Waals surface area contributed by atoms with Crippen LogP contribution in [0.4, 0.5) is 0 Å². The van der Waals surface area contributed by atoms with Gasteiger partial charge < -0.3 is 35.4 Å². The molecule has 7 unspecified atom stereocenters. The molecule has 346 valence electrons. The summed E-state index contributed by atoms with van der Waals surface area (Å²) in [6.45, 7) is 15.3. The van der Waals surface area contributed by atoms with Gasteiger partial charge >= 0.3 is 11.9 Å². The number of nitrogens with zero attached hydrogens (tertiary/aromatic N) is 3. The largest absolute Gasteiger partial charge is 0.508 e. The number of phenolic OH excluding ortho intramolecular Hbond substituents is 1. The van der Waals surface area contributed by atoms with Gasteiger partial charge in [0.05, 0.1) is 6.04 Å². The molecular weight excluding hydrogens is 833 g/mol. The average molecular weight is 903 g/mol. The Balaban J connectivity index is 1.96. The average Bonchev–Trinajstić information content (AvgIpc) is 3.72. The molecule has 0 saturated carbocycles. The van der Waals surface area contributed by atoms with E-state index in [9.17, 15) is 33.9 Å². The summed E-state index contributed by atoms with van der Waals surface area (Å²) in [5.74, 6) is -2.74. The van der Waals surface area contributed by atoms with E-state index in [1.165, 1.54) is 11.8 Å². The summed E-state index contributed by atoms with van der Waals surface area (Å²) >= 11 is 5.30. The molecule has 0 radical (unpaired) electrons. The second-order valence-electron chi connectivity index (χ2n) is 17.3. The van der Waals surface area contributed by atoms with Crippen molar-refractivity contribution in [2.45, 2.75) is 137 Å². The number of likely N-dealkylation sites (N-methyl/N-ethyl adjacent to an activating group) is 1. The molecule has 2 aromatic rings. The molecule has 0 bridgehead atoms. The summed E-state index contributed by atoms with van der Waals surface area (Å²) in [6, 6.07) is 4.16. The van der Waals surface area contributed by atoms with Gasteiger partial charge in [0.25, 0.3) is 5.91 Å². The quantitative estimate of drug-likeness (QED) is 0.0495. The lowest BCUT2D eigenvalue weighted by atomic mass is 9.92. The number of aromatic hydroxyl groups is 1. The zero-order chi connectivity index (χ0) is 46.1. The van der Waals surface area contributed by atoms with Gasteiger partial charge in [-0.2, -0.15) is 12.6 Å². The number of esters is 2. The molecule has 1 aromatic carbocycles. The maximum absolute atomic E-state index is 14.9. The van der Waals surface area contributed by atoms with E-state index in [2.05, 4.69) is 33.6 Å². The molecule has 17 heteroatoms. The first-order valence-corrected chi connectivity index (χ1v) is 23.4. The zero-order valence-corrected chi connectivity index (χ0v) is 39.7. The Morgan fingerprint density at radius 3 is 2.31 bits per heavy atom. The molecule has 3 rings (SSSR count). The Hall–Kier alpha value is -4.22. The number of ether oxygens (including phenoxy) is 2. The number of carbonyl (C=O) groups excluding carboxylic acids is 6. The molecule has 1 aliphatic heterocycles. The first-order chi connectivity index (χ1) is 29.3. The van der Waals surface area contributed by atoms with E-state index >= 15 is 0 Å². The summed E-state index contributed by atoms with van der Waals surface area (Å²) in [7, 11) is 1.91. The third-order valence-electron chi connectivity index (χ3n) is 11.3. The lowest BCUT2D eigenvalue weighted by molar-refractivity contribution is -0.161. The molecular formula is C45H70N6O9S2. The van der Waals surface area contributed by atoms with Crippen LogP contribution >= 0.6 is 24.0 Å². The number of aromatic nitrogens is 1. The van der Waals surface area contributed by atoms with Crippen LogP contribution in [-0.2, 0) is 39.9 Å². The van der Waals surface area contributed by atoms with Gasteiger partial charge in [-0.15, -0.1) is 11.3 Å². The van der Waals surface area contributed by atoms with E-state index < -0.39 is 53.9 Å². The van der Waals surface area contributed by atoms with Gasteiger partial charge in [0.1, 0.15) is 22.5 Å². The minimum Gasteiger partial charge on any atom is -0.508 e. The summed E-state index contributed by atoms with van der Waals surface area (Å²) < 4.78 is 11.6. The number of amides is 4. The highest BCUT2D eigenvalue weighted by atomic mass is 32.1. The Morgan fingerprint density at radius 1 is 1.02 bits per heavy atom. The predicted octanol–water partition coefficient (Wildman–Crippen LogP) is 5.67. The number of nitrogens with one attached hydrogen (secondary N) is 3. The molecule has 1 aliphatic rings. The summed E-state index contributed by atoms with van der Waals surface area (Å²) in [5.41, 5.74) is 0.920. The van der Waals surface area contributed by atoms with Crippen LogP contribution in [0, 0.1) is 23.7 Å². The number of benzene rings is 1. The number of hydrogen-bond acceptors (Lipinski definition) is 13. The molecule has 4 amide bonds. The molecule has 0 aliphatic carbocycles. The van der Waals surface area contributed by atoms with E-state index in [-0.39, 0.29) is 66.6 Å². The molecule has 62 heavy (non-hydrogen) atoms. The van der Waals surface area contributed by atoms with Crippen LogP contribution in [0.5, 0.6) is 5.75 Å². The van der Waals surface area contributed by atoms with Crippen molar-refractivity contribution in [3.63, 3.8) is 0 Å². The van der Waals surface area contributed by atoms with Gasteiger partial charge in [-0.1, -0.05) is 73.4 Å². The number of piperidine rings is 1. The van der Waals surface area contributed by atoms with Crippen LogP contribution in [0.2, 0.25) is 0 Å². The zero-order valence-electron chi connectivity index (χ0n) is 38.0. The van der Waals surface area contributed by atoms with Crippen LogP contribution in [0.3, 0.4) is 0 Å². The van der Waals surface area contributed by atoms with Gasteiger partial charge in [0.15, 0.2) is 12.8 Å². The Labute approximate surface area is 377 Å². The van der Waals surface area contributed by atoms with E-state index in [1.54, 1.807) is 36.6 Å². The van der Waals surface area contributed by atoms with Gasteiger partial charge in [-0.05, 0) is 74.7 Å². The van der Waals surface area contributed by atoms with Crippen LogP contribution in [-0.4, -0.2) is 112 Å². The molecule has 2 heterocycles. The Morgan fingerprint density at radius 2 is 1.71 bits per heavy atom. The van der Waals surface area contributed by atoms with Gasteiger partial charge in [0.2, 0.25) is 17.7 Å². The number of thiazole rings is 1. The van der Waals surface area contributed by atoms with Crippen molar-refractivity contribution in [3.8, 4) is 5.75 Å². The number of hydrogen-bond donors (Lipinski definition) is 5. The van der Waals surface area contributed by atoms with Crippen molar-refractivity contribution >= 4 is 59.5 Å². The number of likely N-dealkylation sites (tertiary alicyclic amines) is 1. The van der Waals surface area contributed by atoms with Crippen molar-refractivity contribution in [2.75, 3.05) is 32.6 Å². The molecule has 0 spiro atoms. The second kappa shape index (κ2) is 25.8. The maximum atomic E-state index is 14.9. The molecule has 15 nitrogen and oxygen atoms in total. The highest BCUT2D eigenvalue weighted by molar-refractivity contribution is 7.80. The molecule has 4 N–H and O–H groups in total. The first-order valence-electron chi connectivity index (χ1n) is 21.9. The molecule has 1 fully saturated rings. The van der Waals surface area contributed by atoms with Crippen LogP contribution in [0.25, 0.3) is 0 Å².